The maximum absolute atomic E-state index is 12.0. The number of nitrogens with zero attached hydrogens (tertiary/aromatic N) is 1. The fourth-order valence-corrected chi connectivity index (χ4v) is 1.83. The molecule has 1 heterocycles. The van der Waals surface area contributed by atoms with E-state index in [2.05, 4.69) is 26.2 Å². The monoisotopic (exact) mass is 320 g/mol. The fraction of sp³-hybridized carbons (Fsp3) is 0. The number of carbonyl (C=O) groups is 2. The summed E-state index contributed by atoms with van der Waals surface area (Å²) in [6.45, 7) is 0. The predicted octanol–water partition coefficient (Wildman–Crippen LogP) is 2.79. The topological polar surface area (TPSA) is 79.3 Å². The van der Waals surface area contributed by atoms with Gasteiger partial charge in [-0.1, -0.05) is 12.1 Å². The zero-order valence-corrected chi connectivity index (χ0v) is 11.2. The van der Waals surface area contributed by atoms with E-state index in [1.54, 1.807) is 18.2 Å². The summed E-state index contributed by atoms with van der Waals surface area (Å²) in [6.07, 6.45) is 1.29. The van der Waals surface area contributed by atoms with Gasteiger partial charge in [-0.05, 0) is 40.2 Å². The number of carbonyl (C=O) groups excluding carboxylic acids is 1. The van der Waals surface area contributed by atoms with Gasteiger partial charge in [0.15, 0.2) is 0 Å². The number of amides is 1. The molecule has 1 amide bonds. The van der Waals surface area contributed by atoms with Crippen molar-refractivity contribution < 1.29 is 14.7 Å². The van der Waals surface area contributed by atoms with Crippen LogP contribution >= 0.6 is 15.9 Å². The number of halogens is 1. The average Bonchev–Trinajstić information content (AvgIpc) is 2.41. The van der Waals surface area contributed by atoms with Crippen LogP contribution in [0.3, 0.4) is 0 Å². The van der Waals surface area contributed by atoms with Crippen LogP contribution in [0.15, 0.2) is 47.1 Å². The van der Waals surface area contributed by atoms with Crippen LogP contribution in [0.2, 0.25) is 0 Å². The number of carboxylic acid groups (broad SMARTS) is 1. The van der Waals surface area contributed by atoms with Crippen molar-refractivity contribution >= 4 is 33.5 Å². The molecule has 0 fully saturated rings. The number of hydrogen-bond donors (Lipinski definition) is 2. The molecule has 2 N–H and O–H groups in total. The van der Waals surface area contributed by atoms with Crippen LogP contribution in [0.25, 0.3) is 0 Å². The minimum atomic E-state index is -1.17. The average molecular weight is 321 g/mol. The number of anilines is 1. The van der Waals surface area contributed by atoms with Gasteiger partial charge in [0.25, 0.3) is 5.91 Å². The van der Waals surface area contributed by atoms with Crippen molar-refractivity contribution in [2.45, 2.75) is 0 Å². The smallest absolute Gasteiger partial charge is 0.354 e. The van der Waals surface area contributed by atoms with Crippen molar-refractivity contribution in [3.63, 3.8) is 0 Å². The second kappa shape index (κ2) is 5.62. The molecular formula is C13H9BrN2O3. The Morgan fingerprint density at radius 2 is 1.95 bits per heavy atom. The Hall–Kier alpha value is -2.21. The Labute approximate surface area is 117 Å². The summed E-state index contributed by atoms with van der Waals surface area (Å²) in [6, 6.07) is 9.84. The number of benzene rings is 1. The van der Waals surface area contributed by atoms with E-state index in [0.29, 0.717) is 5.69 Å². The Bertz CT molecular complexity index is 643. The van der Waals surface area contributed by atoms with Crippen molar-refractivity contribution in [2.75, 3.05) is 5.32 Å². The molecule has 0 unspecified atom stereocenters. The number of carboxylic acids is 1. The summed E-state index contributed by atoms with van der Waals surface area (Å²) >= 11 is 3.31. The molecule has 0 aliphatic heterocycles. The van der Waals surface area contributed by atoms with Crippen molar-refractivity contribution in [1.82, 2.24) is 4.98 Å². The summed E-state index contributed by atoms with van der Waals surface area (Å²) < 4.78 is 0.746. The summed E-state index contributed by atoms with van der Waals surface area (Å²) in [7, 11) is 0. The van der Waals surface area contributed by atoms with E-state index in [1.807, 2.05) is 6.07 Å². The lowest BCUT2D eigenvalue weighted by molar-refractivity contribution is 0.0690. The van der Waals surface area contributed by atoms with E-state index < -0.39 is 11.9 Å². The molecule has 0 bridgehead atoms. The standard InChI is InChI=1S/C13H9BrN2O3/c14-9-3-1-2-4-10(9)16-12(17)8-5-6-15-11(7-8)13(18)19/h1-7H,(H,16,17)(H,18,19). The summed E-state index contributed by atoms with van der Waals surface area (Å²) in [5.74, 6) is -1.56. The number of aromatic nitrogens is 1. The predicted molar refractivity (Wildman–Crippen MR) is 73.3 cm³/mol. The van der Waals surface area contributed by atoms with Crippen LogP contribution in [0.1, 0.15) is 20.8 Å². The first-order valence-corrected chi connectivity index (χ1v) is 6.12. The molecule has 2 rings (SSSR count). The van der Waals surface area contributed by atoms with Crippen LogP contribution in [-0.2, 0) is 0 Å². The van der Waals surface area contributed by atoms with Gasteiger partial charge in [-0.25, -0.2) is 9.78 Å². The lowest BCUT2D eigenvalue weighted by Gasteiger charge is -2.07. The normalized spacial score (nSPS) is 9.95. The first-order chi connectivity index (χ1) is 9.08. The number of rotatable bonds is 3. The van der Waals surface area contributed by atoms with Gasteiger partial charge in [0.2, 0.25) is 0 Å². The third-order valence-electron chi connectivity index (χ3n) is 2.36. The summed E-state index contributed by atoms with van der Waals surface area (Å²) in [4.78, 5) is 26.4. The van der Waals surface area contributed by atoms with Gasteiger partial charge in [0, 0.05) is 16.2 Å². The second-order valence-electron chi connectivity index (χ2n) is 3.67. The van der Waals surface area contributed by atoms with Gasteiger partial charge in [-0.3, -0.25) is 4.79 Å². The molecule has 0 atom stereocenters. The molecule has 0 aliphatic rings. The lowest BCUT2D eigenvalue weighted by atomic mass is 10.2. The number of hydrogen-bond acceptors (Lipinski definition) is 3. The largest absolute Gasteiger partial charge is 0.477 e. The third-order valence-corrected chi connectivity index (χ3v) is 3.05. The van der Waals surface area contributed by atoms with Crippen molar-refractivity contribution in [2.24, 2.45) is 0 Å². The van der Waals surface area contributed by atoms with E-state index in [0.717, 1.165) is 4.47 Å². The Balaban J connectivity index is 2.23. The van der Waals surface area contributed by atoms with Crippen molar-refractivity contribution in [3.05, 3.63) is 58.3 Å². The minimum Gasteiger partial charge on any atom is -0.477 e. The maximum atomic E-state index is 12.0. The lowest BCUT2D eigenvalue weighted by Crippen LogP contribution is -2.13. The number of aromatic carboxylic acids is 1. The van der Waals surface area contributed by atoms with Crippen LogP contribution in [0, 0.1) is 0 Å². The van der Waals surface area contributed by atoms with Gasteiger partial charge >= 0.3 is 5.97 Å². The first kappa shape index (κ1) is 13.2. The molecule has 2 aromatic rings. The summed E-state index contributed by atoms with van der Waals surface area (Å²) in [5, 5.41) is 11.5. The number of pyridine rings is 1. The Morgan fingerprint density at radius 1 is 1.21 bits per heavy atom. The molecule has 96 valence electrons. The number of nitrogens with one attached hydrogen (secondary N) is 1. The third kappa shape index (κ3) is 3.17. The van der Waals surface area contributed by atoms with Gasteiger partial charge in [0.1, 0.15) is 5.69 Å². The second-order valence-corrected chi connectivity index (χ2v) is 4.52. The minimum absolute atomic E-state index is 0.167. The van der Waals surface area contributed by atoms with E-state index in [9.17, 15) is 9.59 Å². The quantitative estimate of drug-likeness (QED) is 0.911. The molecular weight excluding hydrogens is 312 g/mol. The van der Waals surface area contributed by atoms with E-state index in [1.165, 1.54) is 18.3 Å². The molecule has 0 radical (unpaired) electrons. The van der Waals surface area contributed by atoms with Gasteiger partial charge < -0.3 is 10.4 Å². The molecule has 6 heteroatoms. The molecule has 0 aliphatic carbocycles. The molecule has 19 heavy (non-hydrogen) atoms. The fourth-order valence-electron chi connectivity index (χ4n) is 1.45. The van der Waals surface area contributed by atoms with Gasteiger partial charge in [-0.2, -0.15) is 0 Å². The summed E-state index contributed by atoms with van der Waals surface area (Å²) in [5.41, 5.74) is 0.684. The van der Waals surface area contributed by atoms with Gasteiger partial charge in [0.05, 0.1) is 5.69 Å². The first-order valence-electron chi connectivity index (χ1n) is 5.33. The van der Waals surface area contributed by atoms with E-state index in [4.69, 9.17) is 5.11 Å². The Kier molecular flexibility index (Phi) is 3.91. The van der Waals surface area contributed by atoms with Gasteiger partial charge in [-0.15, -0.1) is 0 Å². The zero-order chi connectivity index (χ0) is 13.8. The van der Waals surface area contributed by atoms with E-state index in [-0.39, 0.29) is 11.3 Å². The molecule has 0 saturated carbocycles. The van der Waals surface area contributed by atoms with Crippen LogP contribution < -0.4 is 5.32 Å². The highest BCUT2D eigenvalue weighted by atomic mass is 79.9. The highest BCUT2D eigenvalue weighted by Crippen LogP contribution is 2.21. The molecule has 0 spiro atoms. The maximum Gasteiger partial charge on any atom is 0.354 e. The Morgan fingerprint density at radius 3 is 2.63 bits per heavy atom. The molecule has 1 aromatic carbocycles. The van der Waals surface area contributed by atoms with Crippen LogP contribution in [0.5, 0.6) is 0 Å². The SMILES string of the molecule is O=C(Nc1ccccc1Br)c1ccnc(C(=O)O)c1. The van der Waals surface area contributed by atoms with Crippen molar-refractivity contribution in [1.29, 1.82) is 0 Å². The van der Waals surface area contributed by atoms with Crippen LogP contribution in [0.4, 0.5) is 5.69 Å². The molecule has 0 saturated heterocycles. The van der Waals surface area contributed by atoms with Crippen LogP contribution in [-0.4, -0.2) is 22.0 Å². The molecule has 5 nitrogen and oxygen atoms in total. The van der Waals surface area contributed by atoms with E-state index >= 15 is 0 Å². The van der Waals surface area contributed by atoms with Crippen molar-refractivity contribution in [3.8, 4) is 0 Å². The number of para-hydroxylation sites is 1. The highest BCUT2D eigenvalue weighted by Gasteiger charge is 2.11. The highest BCUT2D eigenvalue weighted by molar-refractivity contribution is 9.10. The molecule has 1 aromatic heterocycles. The zero-order valence-electron chi connectivity index (χ0n) is 9.63.